The van der Waals surface area contributed by atoms with Crippen LogP contribution in [-0.2, 0) is 14.2 Å². The van der Waals surface area contributed by atoms with Crippen LogP contribution in [0.3, 0.4) is 0 Å². The lowest BCUT2D eigenvalue weighted by atomic mass is 10.1. The number of aliphatic imine (C=N–C) groups is 1. The fourth-order valence-electron chi connectivity index (χ4n) is 7.07. The minimum atomic E-state index is 0.403. The van der Waals surface area contributed by atoms with Crippen LogP contribution in [0.1, 0.15) is 153 Å². The predicted octanol–water partition coefficient (Wildman–Crippen LogP) is 13.6. The Bertz CT molecular complexity index is 1640. The Morgan fingerprint density at radius 1 is 0.452 bits per heavy atom. The molecule has 9 nitrogen and oxygen atoms in total. The van der Waals surface area contributed by atoms with Crippen LogP contribution in [0, 0.1) is 0 Å². The van der Waals surface area contributed by atoms with E-state index in [0.717, 1.165) is 58.9 Å². The van der Waals surface area contributed by atoms with Crippen LogP contribution in [0.5, 0.6) is 28.7 Å². The van der Waals surface area contributed by atoms with Gasteiger partial charge in [-0.05, 0) is 72.9 Å². The second-order valence-corrected chi connectivity index (χ2v) is 16.1. The maximum absolute atomic E-state index is 6.65. The number of ether oxygens (including phenoxy) is 8. The lowest BCUT2D eigenvalue weighted by molar-refractivity contribution is 0.00708. The van der Waals surface area contributed by atoms with Gasteiger partial charge in [-0.2, -0.15) is 0 Å². The molecule has 0 atom stereocenters. The number of rotatable bonds is 28. The lowest BCUT2D eigenvalue weighted by Crippen LogP contribution is -2.13. The molecule has 1 heterocycles. The van der Waals surface area contributed by atoms with Crippen molar-refractivity contribution in [2.75, 3.05) is 72.7 Å². The first-order valence-corrected chi connectivity index (χ1v) is 24.2. The molecule has 0 spiro atoms. The van der Waals surface area contributed by atoms with Gasteiger partial charge in [0.05, 0.1) is 65.1 Å². The molecule has 9 heteroatoms. The Kier molecular flexibility index (Phi) is 27.3. The first-order chi connectivity index (χ1) is 30.7. The Balaban J connectivity index is 1.47. The number of hydrogen-bond donors (Lipinski definition) is 0. The van der Waals surface area contributed by atoms with Crippen molar-refractivity contribution in [3.8, 4) is 28.7 Å². The molecular formula is C53H79NO8. The summed E-state index contributed by atoms with van der Waals surface area (Å²) in [5, 5.41) is 0. The number of unbranched alkanes of at least 4 members (excludes halogenated alkanes) is 15. The summed E-state index contributed by atoms with van der Waals surface area (Å²) in [5.41, 5.74) is 3.81. The third-order valence-electron chi connectivity index (χ3n) is 10.7. The SMILES string of the molecule is CCCCCCCCOc1ccc(/C=C/c2ccc(N=Cc3ccc4c(c3)OCCOCCOCCOCCO4)cc2)c(OCCCCCCCC)c1OCCCCCCCC. The van der Waals surface area contributed by atoms with Crippen LogP contribution in [0.2, 0.25) is 0 Å². The molecule has 0 unspecified atom stereocenters. The Hall–Kier alpha value is -4.05. The van der Waals surface area contributed by atoms with E-state index in [1.807, 2.05) is 36.5 Å². The van der Waals surface area contributed by atoms with E-state index in [1.165, 1.54) is 96.3 Å². The van der Waals surface area contributed by atoms with Crippen molar-refractivity contribution in [2.45, 2.75) is 136 Å². The van der Waals surface area contributed by atoms with Gasteiger partial charge in [0.2, 0.25) is 5.75 Å². The number of fused-ring (bicyclic) bond motifs is 1. The van der Waals surface area contributed by atoms with E-state index in [4.69, 9.17) is 42.9 Å². The highest BCUT2D eigenvalue weighted by molar-refractivity contribution is 5.83. The molecule has 0 radical (unpaired) electrons. The average molecular weight is 858 g/mol. The van der Waals surface area contributed by atoms with Gasteiger partial charge in [0, 0.05) is 11.8 Å². The maximum Gasteiger partial charge on any atom is 0.204 e. The van der Waals surface area contributed by atoms with Crippen molar-refractivity contribution < 1.29 is 37.9 Å². The smallest absolute Gasteiger partial charge is 0.204 e. The average Bonchev–Trinajstić information content (AvgIpc) is 3.30. The zero-order chi connectivity index (χ0) is 43.6. The minimum absolute atomic E-state index is 0.403. The predicted molar refractivity (Wildman–Crippen MR) is 256 cm³/mol. The van der Waals surface area contributed by atoms with E-state index in [2.05, 4.69) is 57.2 Å². The Morgan fingerprint density at radius 2 is 0.935 bits per heavy atom. The monoisotopic (exact) mass is 858 g/mol. The van der Waals surface area contributed by atoms with Gasteiger partial charge < -0.3 is 37.9 Å². The van der Waals surface area contributed by atoms with Crippen molar-refractivity contribution in [3.05, 3.63) is 71.3 Å². The first-order valence-electron chi connectivity index (χ1n) is 24.2. The summed E-state index contributed by atoms with van der Waals surface area (Å²) in [6.07, 6.45) is 27.9. The largest absolute Gasteiger partial charge is 0.490 e. The van der Waals surface area contributed by atoms with E-state index >= 15 is 0 Å². The molecule has 0 aliphatic carbocycles. The maximum atomic E-state index is 6.65. The van der Waals surface area contributed by atoms with E-state index in [-0.39, 0.29) is 0 Å². The van der Waals surface area contributed by atoms with Crippen molar-refractivity contribution in [1.82, 2.24) is 0 Å². The van der Waals surface area contributed by atoms with E-state index in [0.29, 0.717) is 84.2 Å². The van der Waals surface area contributed by atoms with Crippen LogP contribution in [-0.4, -0.2) is 78.9 Å². The van der Waals surface area contributed by atoms with Crippen molar-refractivity contribution in [1.29, 1.82) is 0 Å². The van der Waals surface area contributed by atoms with Crippen LogP contribution in [0.25, 0.3) is 12.2 Å². The fourth-order valence-corrected chi connectivity index (χ4v) is 7.07. The third-order valence-corrected chi connectivity index (χ3v) is 10.7. The second-order valence-electron chi connectivity index (χ2n) is 16.1. The molecule has 3 aromatic carbocycles. The highest BCUT2D eigenvalue weighted by atomic mass is 16.6. The molecule has 0 saturated carbocycles. The molecule has 1 aliphatic rings. The summed E-state index contributed by atoms with van der Waals surface area (Å²) in [6, 6.07) is 18.3. The molecule has 0 amide bonds. The molecule has 62 heavy (non-hydrogen) atoms. The Morgan fingerprint density at radius 3 is 1.52 bits per heavy atom. The number of benzene rings is 3. The van der Waals surface area contributed by atoms with Crippen LogP contribution in [0.15, 0.2) is 59.6 Å². The summed E-state index contributed by atoms with van der Waals surface area (Å²) in [5.74, 6) is 3.61. The van der Waals surface area contributed by atoms with Gasteiger partial charge in [0.25, 0.3) is 0 Å². The molecule has 0 aromatic heterocycles. The molecule has 3 aromatic rings. The summed E-state index contributed by atoms with van der Waals surface area (Å²) in [4.78, 5) is 4.77. The molecular weight excluding hydrogens is 779 g/mol. The molecule has 0 N–H and O–H groups in total. The van der Waals surface area contributed by atoms with Gasteiger partial charge in [-0.3, -0.25) is 4.99 Å². The first kappa shape index (κ1) is 50.6. The van der Waals surface area contributed by atoms with Gasteiger partial charge in [-0.25, -0.2) is 0 Å². The van der Waals surface area contributed by atoms with Gasteiger partial charge in [0.15, 0.2) is 23.0 Å². The zero-order valence-corrected chi connectivity index (χ0v) is 38.6. The fraction of sp³-hybridized carbons (Fsp3) is 0.604. The van der Waals surface area contributed by atoms with Gasteiger partial charge in [-0.1, -0.05) is 141 Å². The van der Waals surface area contributed by atoms with E-state index < -0.39 is 0 Å². The lowest BCUT2D eigenvalue weighted by Gasteiger charge is -2.19. The summed E-state index contributed by atoms with van der Waals surface area (Å²) < 4.78 is 48.5. The number of nitrogens with zero attached hydrogens (tertiary/aromatic N) is 1. The normalized spacial score (nSPS) is 14.2. The van der Waals surface area contributed by atoms with Gasteiger partial charge >= 0.3 is 0 Å². The number of hydrogen-bond acceptors (Lipinski definition) is 9. The summed E-state index contributed by atoms with van der Waals surface area (Å²) in [7, 11) is 0. The third kappa shape index (κ3) is 21.4. The van der Waals surface area contributed by atoms with Crippen LogP contribution < -0.4 is 23.7 Å². The van der Waals surface area contributed by atoms with Crippen molar-refractivity contribution in [3.63, 3.8) is 0 Å². The van der Waals surface area contributed by atoms with Crippen LogP contribution >= 0.6 is 0 Å². The van der Waals surface area contributed by atoms with Crippen molar-refractivity contribution in [2.24, 2.45) is 4.99 Å². The molecule has 344 valence electrons. The molecule has 0 fully saturated rings. The highest BCUT2D eigenvalue weighted by Crippen LogP contribution is 2.42. The summed E-state index contributed by atoms with van der Waals surface area (Å²) >= 11 is 0. The molecule has 0 bridgehead atoms. The highest BCUT2D eigenvalue weighted by Gasteiger charge is 2.18. The molecule has 0 saturated heterocycles. The Labute approximate surface area is 374 Å². The van der Waals surface area contributed by atoms with E-state index in [9.17, 15) is 0 Å². The van der Waals surface area contributed by atoms with E-state index in [1.54, 1.807) is 0 Å². The second kappa shape index (κ2) is 33.5. The molecule has 4 rings (SSSR count). The van der Waals surface area contributed by atoms with Crippen LogP contribution in [0.4, 0.5) is 5.69 Å². The standard InChI is InChI=1S/C53H79NO8/c1-4-7-10-13-16-19-32-58-50-31-27-47(52(61-33-20-17-14-11-8-5-2)53(50)62-34-21-18-15-12-9-6-3)26-22-45-23-28-48(29-24-45)54-44-46-25-30-49-51(43-46)60-42-40-57-38-36-55-35-37-56-39-41-59-49/h22-31,43-44H,4-21,32-42H2,1-3H3/b26-22+,54-44?. The van der Waals surface area contributed by atoms with Crippen molar-refractivity contribution >= 4 is 24.1 Å². The van der Waals surface area contributed by atoms with Gasteiger partial charge in [-0.15, -0.1) is 0 Å². The quantitative estimate of drug-likeness (QED) is 0.0405. The topological polar surface area (TPSA) is 86.2 Å². The minimum Gasteiger partial charge on any atom is -0.490 e. The zero-order valence-electron chi connectivity index (χ0n) is 38.6. The molecule has 1 aliphatic heterocycles. The van der Waals surface area contributed by atoms with Gasteiger partial charge in [0.1, 0.15) is 13.2 Å². The summed E-state index contributed by atoms with van der Waals surface area (Å²) in [6.45, 7) is 12.6.